The molecule has 1 aromatic heterocycles. The number of primary amides is 1. The lowest BCUT2D eigenvalue weighted by Gasteiger charge is -2.06. The molecule has 2 rings (SSSR count). The minimum absolute atomic E-state index is 0.00933. The Morgan fingerprint density at radius 1 is 1.41 bits per heavy atom. The first-order valence-electron chi connectivity index (χ1n) is 6.14. The van der Waals surface area contributed by atoms with Gasteiger partial charge in [0.25, 0.3) is 5.91 Å². The summed E-state index contributed by atoms with van der Waals surface area (Å²) in [6, 6.07) is 3.14. The largest absolute Gasteiger partial charge is 0.364 e. The Balaban J connectivity index is 2.40. The second-order valence-electron chi connectivity index (χ2n) is 4.56. The predicted octanol–water partition coefficient (Wildman–Crippen LogP) is 1.26. The van der Waals surface area contributed by atoms with Gasteiger partial charge in [-0.25, -0.2) is 13.5 Å². The molecule has 22 heavy (non-hydrogen) atoms. The third-order valence-corrected chi connectivity index (χ3v) is 2.60. The SMILES string of the molecule is CN(C)/N=N/c1c(C(N)=O)nnn1Cc1ccc(F)cc1F. The molecule has 0 atom stereocenters. The molecule has 2 N–H and O–H groups in total. The Hall–Kier alpha value is -2.91. The highest BCUT2D eigenvalue weighted by molar-refractivity contribution is 5.94. The number of carbonyl (C=O) groups excluding carboxylic acids is 1. The van der Waals surface area contributed by atoms with Crippen molar-refractivity contribution < 1.29 is 13.6 Å². The van der Waals surface area contributed by atoms with Gasteiger partial charge in [-0.15, -0.1) is 10.2 Å². The van der Waals surface area contributed by atoms with Gasteiger partial charge in [-0.05, 0) is 6.07 Å². The first-order chi connectivity index (χ1) is 10.4. The molecule has 0 bridgehead atoms. The molecule has 1 heterocycles. The number of nitrogens with zero attached hydrogens (tertiary/aromatic N) is 6. The number of aromatic nitrogens is 3. The molecule has 0 aliphatic heterocycles. The number of carbonyl (C=O) groups is 1. The molecule has 0 saturated carbocycles. The smallest absolute Gasteiger partial charge is 0.273 e. The summed E-state index contributed by atoms with van der Waals surface area (Å²) in [5, 5.41) is 16.3. The number of benzene rings is 1. The molecule has 116 valence electrons. The van der Waals surface area contributed by atoms with E-state index in [1.165, 1.54) is 11.1 Å². The molecule has 1 aromatic carbocycles. The van der Waals surface area contributed by atoms with Gasteiger partial charge in [0.15, 0.2) is 5.69 Å². The number of hydrogen-bond acceptors (Lipinski definition) is 5. The zero-order valence-electron chi connectivity index (χ0n) is 11.9. The average Bonchev–Trinajstić information content (AvgIpc) is 2.82. The Bertz CT molecular complexity index is 726. The van der Waals surface area contributed by atoms with Crippen LogP contribution in [0.15, 0.2) is 28.5 Å². The van der Waals surface area contributed by atoms with Crippen LogP contribution in [-0.4, -0.2) is 40.0 Å². The minimum Gasteiger partial charge on any atom is -0.364 e. The van der Waals surface area contributed by atoms with Crippen molar-refractivity contribution >= 4 is 11.7 Å². The third-order valence-electron chi connectivity index (χ3n) is 2.60. The van der Waals surface area contributed by atoms with E-state index in [0.717, 1.165) is 16.8 Å². The van der Waals surface area contributed by atoms with E-state index in [4.69, 9.17) is 5.73 Å². The van der Waals surface area contributed by atoms with Crippen LogP contribution in [0.5, 0.6) is 0 Å². The second kappa shape index (κ2) is 6.24. The van der Waals surface area contributed by atoms with Gasteiger partial charge in [-0.3, -0.25) is 9.80 Å². The van der Waals surface area contributed by atoms with Gasteiger partial charge in [0.2, 0.25) is 5.82 Å². The second-order valence-corrected chi connectivity index (χ2v) is 4.56. The van der Waals surface area contributed by atoms with Crippen LogP contribution in [0, 0.1) is 11.6 Å². The Labute approximate surface area is 124 Å². The van der Waals surface area contributed by atoms with E-state index < -0.39 is 17.5 Å². The molecular weight excluding hydrogens is 296 g/mol. The lowest BCUT2D eigenvalue weighted by atomic mass is 10.2. The van der Waals surface area contributed by atoms with Gasteiger partial charge < -0.3 is 5.73 Å². The van der Waals surface area contributed by atoms with Gasteiger partial charge >= 0.3 is 0 Å². The average molecular weight is 309 g/mol. The summed E-state index contributed by atoms with van der Waals surface area (Å²) < 4.78 is 27.8. The van der Waals surface area contributed by atoms with Crippen molar-refractivity contribution in [3.8, 4) is 0 Å². The van der Waals surface area contributed by atoms with E-state index in [2.05, 4.69) is 20.6 Å². The summed E-state index contributed by atoms with van der Waals surface area (Å²) in [5.41, 5.74) is 5.15. The number of halogens is 2. The van der Waals surface area contributed by atoms with Crippen molar-refractivity contribution in [1.29, 1.82) is 0 Å². The lowest BCUT2D eigenvalue weighted by molar-refractivity contribution is 0.0996. The molecule has 0 saturated heterocycles. The molecule has 0 unspecified atom stereocenters. The molecule has 0 spiro atoms. The van der Waals surface area contributed by atoms with Gasteiger partial charge in [-0.1, -0.05) is 16.5 Å². The summed E-state index contributed by atoms with van der Waals surface area (Å²) >= 11 is 0. The Kier molecular flexibility index (Phi) is 4.39. The monoisotopic (exact) mass is 309 g/mol. The van der Waals surface area contributed by atoms with Crippen molar-refractivity contribution in [1.82, 2.24) is 20.0 Å². The van der Waals surface area contributed by atoms with Crippen molar-refractivity contribution in [2.75, 3.05) is 14.1 Å². The lowest BCUT2D eigenvalue weighted by Crippen LogP contribution is -2.12. The highest BCUT2D eigenvalue weighted by Gasteiger charge is 2.18. The summed E-state index contributed by atoms with van der Waals surface area (Å²) in [7, 11) is 3.25. The topological polar surface area (TPSA) is 102 Å². The van der Waals surface area contributed by atoms with E-state index in [9.17, 15) is 13.6 Å². The fourth-order valence-corrected chi connectivity index (χ4v) is 1.62. The maximum Gasteiger partial charge on any atom is 0.273 e. The highest BCUT2D eigenvalue weighted by Crippen LogP contribution is 2.20. The fraction of sp³-hybridized carbons (Fsp3) is 0.250. The van der Waals surface area contributed by atoms with Gasteiger partial charge in [0, 0.05) is 25.7 Å². The highest BCUT2D eigenvalue weighted by atomic mass is 19.1. The maximum atomic E-state index is 13.7. The molecule has 0 fully saturated rings. The standard InChI is InChI=1S/C12H13F2N7O/c1-20(2)18-17-12-10(11(15)22)16-19-21(12)6-7-3-4-8(13)5-9(7)14/h3-5H,6H2,1-2H3,(H2,15,22)/b18-17+. The van der Waals surface area contributed by atoms with Crippen LogP contribution in [0.4, 0.5) is 14.6 Å². The Morgan fingerprint density at radius 3 is 2.73 bits per heavy atom. The molecular formula is C12H13F2N7O. The predicted molar refractivity (Wildman–Crippen MR) is 72.2 cm³/mol. The van der Waals surface area contributed by atoms with Gasteiger partial charge in [0.1, 0.15) is 11.6 Å². The molecule has 2 aromatic rings. The number of rotatable bonds is 5. The minimum atomic E-state index is -0.835. The summed E-state index contributed by atoms with van der Waals surface area (Å²) in [4.78, 5) is 11.3. The van der Waals surface area contributed by atoms with Crippen molar-refractivity contribution in [3.05, 3.63) is 41.1 Å². The first kappa shape index (κ1) is 15.5. The van der Waals surface area contributed by atoms with Crippen LogP contribution < -0.4 is 5.73 Å². The molecule has 10 heteroatoms. The van der Waals surface area contributed by atoms with Gasteiger partial charge in [0.05, 0.1) is 6.54 Å². The van der Waals surface area contributed by atoms with E-state index in [1.807, 2.05) is 0 Å². The summed E-state index contributed by atoms with van der Waals surface area (Å²) in [6.07, 6.45) is 0. The van der Waals surface area contributed by atoms with Crippen molar-refractivity contribution in [3.63, 3.8) is 0 Å². The fourth-order valence-electron chi connectivity index (χ4n) is 1.62. The quantitative estimate of drug-likeness (QED) is 0.663. The number of hydrogen-bond donors (Lipinski definition) is 1. The number of nitrogens with two attached hydrogens (primary N) is 1. The van der Waals surface area contributed by atoms with Crippen LogP contribution in [0.3, 0.4) is 0 Å². The summed E-state index contributed by atoms with van der Waals surface area (Å²) in [5.74, 6) is -2.28. The number of amides is 1. The first-order valence-corrected chi connectivity index (χ1v) is 6.14. The van der Waals surface area contributed by atoms with Crippen LogP contribution in [0.25, 0.3) is 0 Å². The maximum absolute atomic E-state index is 13.7. The van der Waals surface area contributed by atoms with Crippen molar-refractivity contribution in [2.45, 2.75) is 6.54 Å². The van der Waals surface area contributed by atoms with Crippen LogP contribution >= 0.6 is 0 Å². The molecule has 8 nitrogen and oxygen atoms in total. The van der Waals surface area contributed by atoms with E-state index in [1.54, 1.807) is 14.1 Å². The molecule has 0 radical (unpaired) electrons. The summed E-state index contributed by atoms with van der Waals surface area (Å²) in [6.45, 7) is -0.103. The Morgan fingerprint density at radius 2 is 2.14 bits per heavy atom. The molecule has 0 aliphatic carbocycles. The zero-order chi connectivity index (χ0) is 16.3. The van der Waals surface area contributed by atoms with E-state index in [0.29, 0.717) is 0 Å². The zero-order valence-corrected chi connectivity index (χ0v) is 11.9. The molecule has 1 amide bonds. The van der Waals surface area contributed by atoms with Crippen LogP contribution in [0.2, 0.25) is 0 Å². The molecule has 0 aliphatic rings. The third kappa shape index (κ3) is 3.40. The van der Waals surface area contributed by atoms with E-state index >= 15 is 0 Å². The normalized spacial score (nSPS) is 11.1. The van der Waals surface area contributed by atoms with Gasteiger partial charge in [-0.2, -0.15) is 0 Å². The van der Waals surface area contributed by atoms with Crippen LogP contribution in [-0.2, 0) is 6.54 Å². The van der Waals surface area contributed by atoms with Crippen molar-refractivity contribution in [2.24, 2.45) is 16.1 Å². The van der Waals surface area contributed by atoms with Crippen LogP contribution in [0.1, 0.15) is 16.1 Å². The van der Waals surface area contributed by atoms with E-state index in [-0.39, 0.29) is 23.6 Å².